The molecule has 4 aromatic heterocycles. The first kappa shape index (κ1) is 33.6. The second-order valence-electron chi connectivity index (χ2n) is 15.6. The Morgan fingerprint density at radius 2 is 0.869 bits per heavy atom. The zero-order chi connectivity index (χ0) is 40.0. The summed E-state index contributed by atoms with van der Waals surface area (Å²) in [7, 11) is 0. The molecule has 13 aromatic rings. The van der Waals surface area contributed by atoms with E-state index in [2.05, 4.69) is 137 Å². The molecule has 6 heteroatoms. The third-order valence-corrected chi connectivity index (χ3v) is 12.1. The van der Waals surface area contributed by atoms with Gasteiger partial charge in [0.25, 0.3) is 0 Å². The van der Waals surface area contributed by atoms with Crippen molar-refractivity contribution in [2.45, 2.75) is 0 Å². The zero-order valence-electron chi connectivity index (χ0n) is 32.7. The molecule has 0 aliphatic carbocycles. The van der Waals surface area contributed by atoms with Gasteiger partial charge in [-0.2, -0.15) is 0 Å². The summed E-state index contributed by atoms with van der Waals surface area (Å²) in [5.41, 5.74) is 11.1. The molecular weight excluding hydrogens is 747 g/mol. The van der Waals surface area contributed by atoms with Gasteiger partial charge in [-0.05, 0) is 48.5 Å². The molecule has 61 heavy (non-hydrogen) atoms. The number of hydrogen-bond acceptors (Lipinski definition) is 4. The van der Waals surface area contributed by atoms with E-state index in [1.807, 2.05) is 72.8 Å². The highest BCUT2D eigenvalue weighted by molar-refractivity contribution is 6.23. The monoisotopic (exact) mass is 779 g/mol. The van der Waals surface area contributed by atoms with Crippen molar-refractivity contribution in [3.8, 4) is 45.5 Å². The van der Waals surface area contributed by atoms with Crippen LogP contribution in [0.5, 0.6) is 0 Å². The average Bonchev–Trinajstić information content (AvgIpc) is 3.98. The Balaban J connectivity index is 1.13. The number of para-hydroxylation sites is 3. The minimum absolute atomic E-state index is 0.587. The number of furan rings is 1. The molecule has 0 radical (unpaired) electrons. The average molecular weight is 780 g/mol. The van der Waals surface area contributed by atoms with Gasteiger partial charge in [-0.1, -0.05) is 152 Å². The number of aromatic nitrogens is 5. The van der Waals surface area contributed by atoms with Crippen molar-refractivity contribution in [2.75, 3.05) is 0 Å². The molecule has 0 N–H and O–H groups in total. The van der Waals surface area contributed by atoms with Crippen molar-refractivity contribution < 1.29 is 4.42 Å². The maximum absolute atomic E-state index is 6.88. The minimum Gasteiger partial charge on any atom is -0.455 e. The lowest BCUT2D eigenvalue weighted by atomic mass is 10.0. The predicted molar refractivity (Wildman–Crippen MR) is 250 cm³/mol. The van der Waals surface area contributed by atoms with Gasteiger partial charge in [0, 0.05) is 65.5 Å². The Bertz CT molecular complexity index is 3810. The highest BCUT2D eigenvalue weighted by Gasteiger charge is 2.23. The van der Waals surface area contributed by atoms with Crippen molar-refractivity contribution in [2.24, 2.45) is 0 Å². The summed E-state index contributed by atoms with van der Waals surface area (Å²) < 4.78 is 11.7. The van der Waals surface area contributed by atoms with Crippen LogP contribution >= 0.6 is 0 Å². The number of hydrogen-bond donors (Lipinski definition) is 0. The molecule has 4 heterocycles. The second-order valence-corrected chi connectivity index (χ2v) is 15.6. The molecular formula is C55H33N5O. The van der Waals surface area contributed by atoms with Crippen LogP contribution in [0, 0.1) is 0 Å². The highest BCUT2D eigenvalue weighted by Crippen LogP contribution is 2.45. The standard InChI is InChI=1S/C55H33N5O/c1-4-17-34(18-5-1)53-56-54(35-19-6-2-7-20-35)58-55(57-53)41-27-16-30-50-51(41)44-32-47(37-23-10-11-26-40(37)52(44)61-50)60-46-29-15-13-25-39(46)43-31-42-38-24-12-14-28-45(38)59(48(42)33-49(43)60)36-21-8-3-9-22-36/h1-33H. The summed E-state index contributed by atoms with van der Waals surface area (Å²) >= 11 is 0. The lowest BCUT2D eigenvalue weighted by Gasteiger charge is -2.13. The zero-order valence-corrected chi connectivity index (χ0v) is 32.7. The van der Waals surface area contributed by atoms with Crippen LogP contribution in [-0.2, 0) is 0 Å². The van der Waals surface area contributed by atoms with Crippen LogP contribution < -0.4 is 0 Å². The highest BCUT2D eigenvalue weighted by atomic mass is 16.3. The van der Waals surface area contributed by atoms with Crippen LogP contribution in [0.3, 0.4) is 0 Å². The van der Waals surface area contributed by atoms with Gasteiger partial charge in [0.2, 0.25) is 0 Å². The Morgan fingerprint density at radius 1 is 0.344 bits per heavy atom. The Labute approximate surface area is 349 Å². The van der Waals surface area contributed by atoms with E-state index in [1.54, 1.807) is 0 Å². The van der Waals surface area contributed by atoms with Crippen molar-refractivity contribution in [1.82, 2.24) is 24.1 Å². The summed E-state index contributed by atoms with van der Waals surface area (Å²) in [6.45, 7) is 0. The third-order valence-electron chi connectivity index (χ3n) is 12.1. The minimum atomic E-state index is 0.587. The molecule has 0 aliphatic heterocycles. The first-order valence-electron chi connectivity index (χ1n) is 20.5. The third kappa shape index (κ3) is 5.06. The number of benzene rings is 9. The van der Waals surface area contributed by atoms with E-state index in [0.717, 1.165) is 77.3 Å². The molecule has 0 aliphatic rings. The smallest absolute Gasteiger partial charge is 0.164 e. The Morgan fingerprint density at radius 3 is 1.52 bits per heavy atom. The van der Waals surface area contributed by atoms with Crippen molar-refractivity contribution in [1.29, 1.82) is 0 Å². The molecule has 0 saturated carbocycles. The molecule has 6 nitrogen and oxygen atoms in total. The van der Waals surface area contributed by atoms with Gasteiger partial charge in [0.1, 0.15) is 11.2 Å². The molecule has 0 amide bonds. The van der Waals surface area contributed by atoms with Gasteiger partial charge in [0.05, 0.1) is 27.8 Å². The van der Waals surface area contributed by atoms with Gasteiger partial charge in [-0.15, -0.1) is 0 Å². The van der Waals surface area contributed by atoms with E-state index < -0.39 is 0 Å². The fraction of sp³-hybridized carbons (Fsp3) is 0. The van der Waals surface area contributed by atoms with Gasteiger partial charge >= 0.3 is 0 Å². The second kappa shape index (κ2) is 13.1. The maximum atomic E-state index is 6.88. The Hall–Kier alpha value is -8.35. The van der Waals surface area contributed by atoms with Crippen LogP contribution in [0.25, 0.3) is 122 Å². The first-order valence-corrected chi connectivity index (χ1v) is 20.5. The summed E-state index contributed by atoms with van der Waals surface area (Å²) in [6.07, 6.45) is 0. The quantitative estimate of drug-likeness (QED) is 0.175. The van der Waals surface area contributed by atoms with Crippen LogP contribution in [0.4, 0.5) is 0 Å². The lowest BCUT2D eigenvalue weighted by molar-refractivity contribution is 0.672. The topological polar surface area (TPSA) is 61.7 Å². The van der Waals surface area contributed by atoms with E-state index in [-0.39, 0.29) is 0 Å². The molecule has 9 aromatic carbocycles. The van der Waals surface area contributed by atoms with E-state index in [0.29, 0.717) is 17.5 Å². The molecule has 0 unspecified atom stereocenters. The van der Waals surface area contributed by atoms with Gasteiger partial charge < -0.3 is 13.6 Å². The van der Waals surface area contributed by atoms with Crippen LogP contribution in [0.15, 0.2) is 205 Å². The van der Waals surface area contributed by atoms with E-state index in [4.69, 9.17) is 19.4 Å². The molecule has 284 valence electrons. The number of fused-ring (bicyclic) bond motifs is 11. The molecule has 0 saturated heterocycles. The molecule has 0 spiro atoms. The molecule has 0 fully saturated rings. The van der Waals surface area contributed by atoms with E-state index >= 15 is 0 Å². The van der Waals surface area contributed by atoms with Crippen LogP contribution in [0.2, 0.25) is 0 Å². The van der Waals surface area contributed by atoms with Crippen molar-refractivity contribution >= 4 is 76.3 Å². The fourth-order valence-electron chi connectivity index (χ4n) is 9.48. The lowest BCUT2D eigenvalue weighted by Crippen LogP contribution is -2.00. The fourth-order valence-corrected chi connectivity index (χ4v) is 9.48. The van der Waals surface area contributed by atoms with Crippen LogP contribution in [-0.4, -0.2) is 24.1 Å². The number of rotatable bonds is 5. The molecule has 0 bridgehead atoms. The van der Waals surface area contributed by atoms with Crippen molar-refractivity contribution in [3.05, 3.63) is 200 Å². The van der Waals surface area contributed by atoms with Gasteiger partial charge in [-0.3, -0.25) is 0 Å². The molecule has 13 rings (SSSR count). The maximum Gasteiger partial charge on any atom is 0.164 e. The summed E-state index contributed by atoms with van der Waals surface area (Å²) in [4.78, 5) is 15.3. The molecule has 0 atom stereocenters. The normalized spacial score (nSPS) is 11.9. The SMILES string of the molecule is c1ccc(-c2nc(-c3ccccc3)nc(-c3cccc4oc5c6ccccc6c(-n6c7ccccc7c7cc8c9ccccc9n(-c9ccccc9)c8cc76)cc5c34)n2)cc1. The number of nitrogens with zero attached hydrogens (tertiary/aromatic N) is 5. The van der Waals surface area contributed by atoms with Crippen molar-refractivity contribution in [3.63, 3.8) is 0 Å². The summed E-state index contributed by atoms with van der Waals surface area (Å²) in [6, 6.07) is 70.3. The van der Waals surface area contributed by atoms with Gasteiger partial charge in [-0.25, -0.2) is 15.0 Å². The predicted octanol–water partition coefficient (Wildman–Crippen LogP) is 14.1. The van der Waals surface area contributed by atoms with Crippen LogP contribution in [0.1, 0.15) is 0 Å². The largest absolute Gasteiger partial charge is 0.455 e. The summed E-state index contributed by atoms with van der Waals surface area (Å²) in [5, 5.41) is 8.94. The van der Waals surface area contributed by atoms with E-state index in [9.17, 15) is 0 Å². The van der Waals surface area contributed by atoms with E-state index in [1.165, 1.54) is 27.1 Å². The van der Waals surface area contributed by atoms with Gasteiger partial charge in [0.15, 0.2) is 17.5 Å². The first-order chi connectivity index (χ1) is 30.3. The Kier molecular flexibility index (Phi) is 7.21. The summed E-state index contributed by atoms with van der Waals surface area (Å²) in [5.74, 6) is 1.82.